The lowest BCUT2D eigenvalue weighted by atomic mass is 10.0. The first-order valence-corrected chi connectivity index (χ1v) is 5.24. The van der Waals surface area contributed by atoms with E-state index in [1.807, 2.05) is 30.3 Å². The van der Waals surface area contributed by atoms with E-state index in [2.05, 4.69) is 0 Å². The van der Waals surface area contributed by atoms with Crippen molar-refractivity contribution in [3.05, 3.63) is 35.9 Å². The van der Waals surface area contributed by atoms with Crippen LogP contribution < -0.4 is 10.5 Å². The predicted molar refractivity (Wildman–Crippen MR) is 63.2 cm³/mol. The summed E-state index contributed by atoms with van der Waals surface area (Å²) in [5, 5.41) is 1.15. The lowest BCUT2D eigenvalue weighted by molar-refractivity contribution is -0.0978. The van der Waals surface area contributed by atoms with Crippen molar-refractivity contribution in [1.82, 2.24) is 5.06 Å². The zero-order chi connectivity index (χ0) is 12.3. The highest BCUT2D eigenvalue weighted by atomic mass is 16.7. The van der Waals surface area contributed by atoms with E-state index < -0.39 is 6.03 Å². The molecular weight excluding hydrogens is 220 g/mol. The standard InChI is InChI=1S/C12H14N2O3/c1-16-11-4-2-3-9(7-11)10-5-6-17-14(8-10)12(13)15/h2-5,7H,6,8H2,1H3,(H2,13,15). The van der Waals surface area contributed by atoms with Crippen LogP contribution in [-0.4, -0.2) is 31.4 Å². The number of nitrogens with zero attached hydrogens (tertiary/aromatic N) is 1. The molecule has 0 fully saturated rings. The van der Waals surface area contributed by atoms with E-state index in [9.17, 15) is 4.79 Å². The number of urea groups is 1. The number of carbonyl (C=O) groups is 1. The van der Waals surface area contributed by atoms with Gasteiger partial charge in [0.15, 0.2) is 0 Å². The van der Waals surface area contributed by atoms with E-state index in [1.165, 1.54) is 0 Å². The van der Waals surface area contributed by atoms with E-state index >= 15 is 0 Å². The summed E-state index contributed by atoms with van der Waals surface area (Å²) in [6.45, 7) is 0.692. The second kappa shape index (κ2) is 4.88. The molecule has 0 saturated carbocycles. The highest BCUT2D eigenvalue weighted by Gasteiger charge is 2.17. The smallest absolute Gasteiger partial charge is 0.339 e. The van der Waals surface area contributed by atoms with Crippen LogP contribution in [0.2, 0.25) is 0 Å². The van der Waals surface area contributed by atoms with Crippen molar-refractivity contribution in [2.75, 3.05) is 20.3 Å². The third-order valence-electron chi connectivity index (χ3n) is 2.56. The van der Waals surface area contributed by atoms with E-state index in [1.54, 1.807) is 7.11 Å². The topological polar surface area (TPSA) is 64.8 Å². The Bertz CT molecular complexity index is 457. The number of amides is 2. The molecule has 0 aromatic heterocycles. The van der Waals surface area contributed by atoms with Crippen LogP contribution in [0.15, 0.2) is 30.3 Å². The van der Waals surface area contributed by atoms with Crippen molar-refractivity contribution < 1.29 is 14.4 Å². The fourth-order valence-electron chi connectivity index (χ4n) is 1.67. The van der Waals surface area contributed by atoms with Gasteiger partial charge in [-0.15, -0.1) is 0 Å². The van der Waals surface area contributed by atoms with Crippen LogP contribution >= 0.6 is 0 Å². The molecule has 0 atom stereocenters. The molecule has 1 heterocycles. The Labute approximate surface area is 99.4 Å². The Morgan fingerprint density at radius 2 is 2.35 bits per heavy atom. The van der Waals surface area contributed by atoms with Gasteiger partial charge in [0.25, 0.3) is 0 Å². The SMILES string of the molecule is COc1cccc(C2=CCON(C(N)=O)C2)c1. The summed E-state index contributed by atoms with van der Waals surface area (Å²) < 4.78 is 5.16. The van der Waals surface area contributed by atoms with Crippen LogP contribution in [0.3, 0.4) is 0 Å². The number of benzene rings is 1. The molecule has 1 aliphatic rings. The summed E-state index contributed by atoms with van der Waals surface area (Å²) in [4.78, 5) is 16.1. The van der Waals surface area contributed by atoms with Gasteiger partial charge in [-0.2, -0.15) is 5.06 Å². The molecule has 2 rings (SSSR count). The average molecular weight is 234 g/mol. The molecule has 2 N–H and O–H groups in total. The molecule has 0 spiro atoms. The van der Waals surface area contributed by atoms with Gasteiger partial charge in [0.2, 0.25) is 0 Å². The van der Waals surface area contributed by atoms with Crippen LogP contribution in [-0.2, 0) is 4.84 Å². The Balaban J connectivity index is 2.21. The van der Waals surface area contributed by atoms with E-state index in [-0.39, 0.29) is 0 Å². The van der Waals surface area contributed by atoms with Crippen LogP contribution in [0.4, 0.5) is 4.79 Å². The van der Waals surface area contributed by atoms with Crippen LogP contribution in [0.1, 0.15) is 5.56 Å². The largest absolute Gasteiger partial charge is 0.497 e. The van der Waals surface area contributed by atoms with Crippen molar-refractivity contribution in [1.29, 1.82) is 0 Å². The zero-order valence-corrected chi connectivity index (χ0v) is 9.55. The van der Waals surface area contributed by atoms with Crippen molar-refractivity contribution >= 4 is 11.6 Å². The number of methoxy groups -OCH3 is 1. The maximum Gasteiger partial charge on any atom is 0.339 e. The molecule has 0 aliphatic carbocycles. The molecule has 0 saturated heterocycles. The molecule has 17 heavy (non-hydrogen) atoms. The van der Waals surface area contributed by atoms with Crippen LogP contribution in [0.5, 0.6) is 5.75 Å². The molecule has 1 aliphatic heterocycles. The molecular formula is C12H14N2O3. The molecule has 1 aromatic carbocycles. The number of carbonyl (C=O) groups excluding carboxylic acids is 1. The number of hydrogen-bond donors (Lipinski definition) is 1. The van der Waals surface area contributed by atoms with Gasteiger partial charge in [-0.1, -0.05) is 18.2 Å². The maximum absolute atomic E-state index is 11.0. The fourth-order valence-corrected chi connectivity index (χ4v) is 1.67. The number of ether oxygens (including phenoxy) is 1. The highest BCUT2D eigenvalue weighted by Crippen LogP contribution is 2.23. The highest BCUT2D eigenvalue weighted by molar-refractivity contribution is 5.76. The lowest BCUT2D eigenvalue weighted by Crippen LogP contribution is -2.39. The Kier molecular flexibility index (Phi) is 3.30. The van der Waals surface area contributed by atoms with Crippen molar-refractivity contribution in [3.8, 4) is 5.75 Å². The van der Waals surface area contributed by atoms with E-state index in [0.717, 1.165) is 21.9 Å². The molecule has 90 valence electrons. The molecule has 0 unspecified atom stereocenters. The predicted octanol–water partition coefficient (Wildman–Crippen LogP) is 1.40. The summed E-state index contributed by atoms with van der Waals surface area (Å²) in [6, 6.07) is 7.06. The van der Waals surface area contributed by atoms with Gasteiger partial charge in [0.1, 0.15) is 5.75 Å². The van der Waals surface area contributed by atoms with Crippen molar-refractivity contribution in [2.24, 2.45) is 5.73 Å². The Morgan fingerprint density at radius 1 is 1.53 bits per heavy atom. The number of nitrogens with two attached hydrogens (primary N) is 1. The minimum Gasteiger partial charge on any atom is -0.497 e. The summed E-state index contributed by atoms with van der Waals surface area (Å²) in [5.74, 6) is 0.778. The minimum absolute atomic E-state index is 0.343. The van der Waals surface area contributed by atoms with Crippen molar-refractivity contribution in [2.45, 2.75) is 0 Å². The van der Waals surface area contributed by atoms with E-state index in [0.29, 0.717) is 13.2 Å². The maximum atomic E-state index is 11.0. The molecule has 5 heteroatoms. The first-order chi connectivity index (χ1) is 8.20. The number of rotatable bonds is 2. The van der Waals surface area contributed by atoms with Gasteiger partial charge >= 0.3 is 6.03 Å². The fraction of sp³-hybridized carbons (Fsp3) is 0.250. The van der Waals surface area contributed by atoms with Gasteiger partial charge in [-0.3, -0.25) is 4.84 Å². The summed E-state index contributed by atoms with van der Waals surface area (Å²) in [6.07, 6.45) is 1.92. The summed E-state index contributed by atoms with van der Waals surface area (Å²) in [7, 11) is 1.62. The number of primary amides is 1. The number of hydroxylamine groups is 2. The van der Waals surface area contributed by atoms with Crippen LogP contribution in [0.25, 0.3) is 5.57 Å². The second-order valence-corrected chi connectivity index (χ2v) is 3.63. The third-order valence-corrected chi connectivity index (χ3v) is 2.56. The third kappa shape index (κ3) is 2.57. The molecule has 1 aromatic rings. The molecule has 0 bridgehead atoms. The van der Waals surface area contributed by atoms with Gasteiger partial charge in [-0.05, 0) is 23.3 Å². The first-order valence-electron chi connectivity index (χ1n) is 5.24. The van der Waals surface area contributed by atoms with Crippen molar-refractivity contribution in [3.63, 3.8) is 0 Å². The average Bonchev–Trinajstić information content (AvgIpc) is 2.39. The van der Waals surface area contributed by atoms with E-state index in [4.69, 9.17) is 15.3 Å². The Hall–Kier alpha value is -2.01. The molecule has 5 nitrogen and oxygen atoms in total. The van der Waals surface area contributed by atoms with Gasteiger partial charge in [0.05, 0.1) is 20.3 Å². The Morgan fingerprint density at radius 3 is 3.06 bits per heavy atom. The molecule has 0 radical (unpaired) electrons. The zero-order valence-electron chi connectivity index (χ0n) is 9.55. The second-order valence-electron chi connectivity index (χ2n) is 3.63. The van der Waals surface area contributed by atoms with Crippen LogP contribution in [0, 0.1) is 0 Å². The normalized spacial score (nSPS) is 15.4. The monoisotopic (exact) mass is 234 g/mol. The van der Waals surface area contributed by atoms with Gasteiger partial charge < -0.3 is 10.5 Å². The quantitative estimate of drug-likeness (QED) is 0.841. The van der Waals surface area contributed by atoms with Gasteiger partial charge in [0, 0.05) is 0 Å². The lowest BCUT2D eigenvalue weighted by Gasteiger charge is -2.25. The number of hydrogen-bond acceptors (Lipinski definition) is 3. The minimum atomic E-state index is -0.585. The molecule has 2 amide bonds. The first kappa shape index (κ1) is 11.5. The van der Waals surface area contributed by atoms with Gasteiger partial charge in [-0.25, -0.2) is 4.79 Å². The summed E-state index contributed by atoms with van der Waals surface area (Å²) in [5.41, 5.74) is 7.17. The summed E-state index contributed by atoms with van der Waals surface area (Å²) >= 11 is 0.